The number of ether oxygens (including phenoxy) is 1. The Kier molecular flexibility index (Phi) is 5.91. The van der Waals surface area contributed by atoms with Crippen molar-refractivity contribution in [1.29, 1.82) is 0 Å². The first-order valence-electron chi connectivity index (χ1n) is 5.42. The number of halogens is 2. The Morgan fingerprint density at radius 3 is 2.74 bits per heavy atom. The summed E-state index contributed by atoms with van der Waals surface area (Å²) in [5.41, 5.74) is 0.158. The van der Waals surface area contributed by atoms with E-state index in [1.807, 2.05) is 0 Å². The van der Waals surface area contributed by atoms with Crippen LogP contribution in [0.4, 0.5) is 4.39 Å². The normalized spacial score (nSPS) is 11.9. The van der Waals surface area contributed by atoms with E-state index in [0.717, 1.165) is 6.07 Å². The molecule has 0 radical (unpaired) electrons. The first-order chi connectivity index (χ1) is 8.93. The fourth-order valence-electron chi connectivity index (χ4n) is 1.38. The predicted molar refractivity (Wildman–Crippen MR) is 69.5 cm³/mol. The highest BCUT2D eigenvalue weighted by Gasteiger charge is 2.15. The van der Waals surface area contributed by atoms with Gasteiger partial charge in [-0.25, -0.2) is 4.39 Å². The number of carboxylic acids is 1. The van der Waals surface area contributed by atoms with Crippen LogP contribution in [0.15, 0.2) is 22.7 Å². The Hall–Kier alpha value is -1.47. The van der Waals surface area contributed by atoms with Crippen LogP contribution in [0.5, 0.6) is 0 Å². The average molecular weight is 334 g/mol. The summed E-state index contributed by atoms with van der Waals surface area (Å²) in [6.07, 6.45) is -0.840. The maximum absolute atomic E-state index is 13.2. The number of hydrogen-bond acceptors (Lipinski definition) is 3. The third-order valence-electron chi connectivity index (χ3n) is 2.41. The second-order valence-electron chi connectivity index (χ2n) is 3.79. The van der Waals surface area contributed by atoms with Crippen LogP contribution < -0.4 is 5.32 Å². The second kappa shape index (κ2) is 7.20. The van der Waals surface area contributed by atoms with Crippen molar-refractivity contribution in [2.24, 2.45) is 0 Å². The standard InChI is InChI=1S/C12H13BrFNO4/c1-19-8(5-11(16)17)6-15-12(18)7-2-3-9(13)10(14)4-7/h2-4,8H,5-6H2,1H3,(H,15,18)(H,16,17). The summed E-state index contributed by atoms with van der Waals surface area (Å²) in [6.45, 7) is 0.0410. The lowest BCUT2D eigenvalue weighted by molar-refractivity contribution is -0.139. The van der Waals surface area contributed by atoms with Gasteiger partial charge in [0.25, 0.3) is 5.91 Å². The summed E-state index contributed by atoms with van der Waals surface area (Å²) in [7, 11) is 1.36. The first kappa shape index (κ1) is 15.6. The molecule has 1 aromatic carbocycles. The summed E-state index contributed by atoms with van der Waals surface area (Å²) < 4.78 is 18.4. The molecule has 0 saturated carbocycles. The molecule has 7 heteroatoms. The predicted octanol–water partition coefficient (Wildman–Crippen LogP) is 1.81. The first-order valence-corrected chi connectivity index (χ1v) is 6.21. The van der Waals surface area contributed by atoms with Gasteiger partial charge < -0.3 is 15.2 Å². The third kappa shape index (κ3) is 4.96. The molecule has 1 aromatic rings. The molecule has 0 saturated heterocycles. The molecular formula is C12H13BrFNO4. The Morgan fingerprint density at radius 2 is 2.21 bits per heavy atom. The van der Waals surface area contributed by atoms with Crippen molar-refractivity contribution < 1.29 is 23.8 Å². The lowest BCUT2D eigenvalue weighted by Gasteiger charge is -2.14. The largest absolute Gasteiger partial charge is 0.481 e. The van der Waals surface area contributed by atoms with Gasteiger partial charge in [-0.1, -0.05) is 0 Å². The molecule has 1 amide bonds. The fraction of sp³-hybridized carbons (Fsp3) is 0.333. The molecule has 1 unspecified atom stereocenters. The average Bonchev–Trinajstić information content (AvgIpc) is 2.36. The van der Waals surface area contributed by atoms with Gasteiger partial charge >= 0.3 is 5.97 Å². The molecule has 0 aromatic heterocycles. The summed E-state index contributed by atoms with van der Waals surface area (Å²) in [5.74, 6) is -2.05. The number of carbonyl (C=O) groups excluding carboxylic acids is 1. The van der Waals surface area contributed by atoms with Crippen molar-refractivity contribution in [3.8, 4) is 0 Å². The number of benzene rings is 1. The third-order valence-corrected chi connectivity index (χ3v) is 3.05. The smallest absolute Gasteiger partial charge is 0.306 e. The topological polar surface area (TPSA) is 75.6 Å². The van der Waals surface area contributed by atoms with Gasteiger partial charge in [0.05, 0.1) is 17.0 Å². The van der Waals surface area contributed by atoms with E-state index in [1.165, 1.54) is 19.2 Å². The molecule has 19 heavy (non-hydrogen) atoms. The van der Waals surface area contributed by atoms with Gasteiger partial charge in [-0.15, -0.1) is 0 Å². The minimum atomic E-state index is -1.02. The SMILES string of the molecule is COC(CNC(=O)c1ccc(Br)c(F)c1)CC(=O)O. The summed E-state index contributed by atoms with van der Waals surface area (Å²) >= 11 is 2.99. The molecule has 0 aliphatic rings. The van der Waals surface area contributed by atoms with Gasteiger partial charge in [-0.05, 0) is 34.1 Å². The number of hydrogen-bond donors (Lipinski definition) is 2. The van der Waals surface area contributed by atoms with Gasteiger partial charge in [0.1, 0.15) is 5.82 Å². The van der Waals surface area contributed by atoms with Crippen LogP contribution in [0, 0.1) is 5.82 Å². The van der Waals surface area contributed by atoms with E-state index < -0.39 is 23.8 Å². The minimum absolute atomic E-state index is 0.0410. The van der Waals surface area contributed by atoms with Crippen LogP contribution in [0.25, 0.3) is 0 Å². The van der Waals surface area contributed by atoms with Gasteiger partial charge in [0.15, 0.2) is 0 Å². The molecular weight excluding hydrogens is 321 g/mol. The van der Waals surface area contributed by atoms with E-state index in [1.54, 1.807) is 0 Å². The Bertz CT molecular complexity index is 481. The number of rotatable bonds is 6. The van der Waals surface area contributed by atoms with E-state index >= 15 is 0 Å². The molecule has 2 N–H and O–H groups in total. The Balaban J connectivity index is 2.59. The highest BCUT2D eigenvalue weighted by Crippen LogP contribution is 2.16. The number of aliphatic carboxylic acids is 1. The van der Waals surface area contributed by atoms with Crippen LogP contribution in [0.1, 0.15) is 16.8 Å². The fourth-order valence-corrected chi connectivity index (χ4v) is 1.63. The molecule has 1 rings (SSSR count). The lowest BCUT2D eigenvalue weighted by atomic mass is 10.2. The Morgan fingerprint density at radius 1 is 1.53 bits per heavy atom. The molecule has 0 spiro atoms. The molecule has 0 bridgehead atoms. The van der Waals surface area contributed by atoms with Crippen LogP contribution in [0.3, 0.4) is 0 Å². The van der Waals surface area contributed by atoms with Crippen molar-refractivity contribution in [3.05, 3.63) is 34.1 Å². The van der Waals surface area contributed by atoms with E-state index in [0.29, 0.717) is 0 Å². The summed E-state index contributed by atoms with van der Waals surface area (Å²) in [6, 6.07) is 3.98. The van der Waals surface area contributed by atoms with Crippen molar-refractivity contribution in [2.45, 2.75) is 12.5 Å². The van der Waals surface area contributed by atoms with E-state index in [9.17, 15) is 14.0 Å². The second-order valence-corrected chi connectivity index (χ2v) is 4.65. The molecule has 5 nitrogen and oxygen atoms in total. The van der Waals surface area contributed by atoms with Gasteiger partial charge in [-0.2, -0.15) is 0 Å². The van der Waals surface area contributed by atoms with Crippen LogP contribution >= 0.6 is 15.9 Å². The molecule has 0 heterocycles. The minimum Gasteiger partial charge on any atom is -0.481 e. The van der Waals surface area contributed by atoms with E-state index in [2.05, 4.69) is 21.2 Å². The zero-order valence-electron chi connectivity index (χ0n) is 10.2. The number of nitrogens with one attached hydrogen (secondary N) is 1. The summed E-state index contributed by atoms with van der Waals surface area (Å²) in [5, 5.41) is 11.1. The lowest BCUT2D eigenvalue weighted by Crippen LogP contribution is -2.34. The van der Waals surface area contributed by atoms with E-state index in [4.69, 9.17) is 9.84 Å². The highest BCUT2D eigenvalue weighted by molar-refractivity contribution is 9.10. The van der Waals surface area contributed by atoms with Crippen LogP contribution in [0.2, 0.25) is 0 Å². The molecule has 0 fully saturated rings. The zero-order valence-corrected chi connectivity index (χ0v) is 11.7. The zero-order chi connectivity index (χ0) is 14.4. The molecule has 0 aliphatic carbocycles. The molecule has 1 atom stereocenters. The van der Waals surface area contributed by atoms with Gasteiger partial charge in [-0.3, -0.25) is 9.59 Å². The molecule has 0 aliphatic heterocycles. The Labute approximate surface area is 117 Å². The van der Waals surface area contributed by atoms with Crippen LogP contribution in [-0.2, 0) is 9.53 Å². The van der Waals surface area contributed by atoms with Gasteiger partial charge in [0.2, 0.25) is 0 Å². The van der Waals surface area contributed by atoms with Crippen LogP contribution in [-0.4, -0.2) is 36.7 Å². The van der Waals surface area contributed by atoms with Crippen molar-refractivity contribution >= 4 is 27.8 Å². The number of carboxylic acid groups (broad SMARTS) is 1. The highest BCUT2D eigenvalue weighted by atomic mass is 79.9. The van der Waals surface area contributed by atoms with Crippen molar-refractivity contribution in [1.82, 2.24) is 5.32 Å². The van der Waals surface area contributed by atoms with Crippen molar-refractivity contribution in [2.75, 3.05) is 13.7 Å². The number of amides is 1. The van der Waals surface area contributed by atoms with E-state index in [-0.39, 0.29) is 23.0 Å². The molecule has 104 valence electrons. The monoisotopic (exact) mass is 333 g/mol. The maximum atomic E-state index is 13.2. The maximum Gasteiger partial charge on any atom is 0.306 e. The van der Waals surface area contributed by atoms with Crippen molar-refractivity contribution in [3.63, 3.8) is 0 Å². The number of carbonyl (C=O) groups is 2. The summed E-state index contributed by atoms with van der Waals surface area (Å²) in [4.78, 5) is 22.2. The number of methoxy groups -OCH3 is 1. The van der Waals surface area contributed by atoms with Gasteiger partial charge in [0, 0.05) is 19.2 Å². The quantitative estimate of drug-likeness (QED) is 0.832.